The van der Waals surface area contributed by atoms with E-state index in [0.29, 0.717) is 10.7 Å². The number of hydrogen-bond acceptors (Lipinski definition) is 3. The molecular weight excluding hydrogens is 280 g/mol. The third kappa shape index (κ3) is 2.39. The van der Waals surface area contributed by atoms with E-state index in [-0.39, 0.29) is 11.4 Å². The smallest absolute Gasteiger partial charge is 0.171 e. The van der Waals surface area contributed by atoms with Crippen molar-refractivity contribution in [3.8, 4) is 0 Å². The van der Waals surface area contributed by atoms with Gasteiger partial charge in [0.15, 0.2) is 5.16 Å². The molecule has 1 heterocycles. The molecule has 102 valence electrons. The van der Waals surface area contributed by atoms with Crippen LogP contribution in [0, 0.1) is 11.6 Å². The summed E-state index contributed by atoms with van der Waals surface area (Å²) in [5, 5.41) is 0.449. The van der Waals surface area contributed by atoms with Gasteiger partial charge in [-0.15, -0.1) is 0 Å². The van der Waals surface area contributed by atoms with Gasteiger partial charge in [0.25, 0.3) is 0 Å². The highest BCUT2D eigenvalue weighted by molar-refractivity contribution is 7.99. The van der Waals surface area contributed by atoms with E-state index in [1.165, 1.54) is 12.1 Å². The van der Waals surface area contributed by atoms with E-state index in [1.54, 1.807) is 0 Å². The predicted molar refractivity (Wildman–Crippen MR) is 74.5 cm³/mol. The van der Waals surface area contributed by atoms with E-state index in [1.807, 2.05) is 24.3 Å². The Morgan fingerprint density at radius 2 is 1.85 bits per heavy atom. The molecule has 1 aromatic heterocycles. The molecule has 3 aromatic rings. The van der Waals surface area contributed by atoms with Crippen LogP contribution in [0.4, 0.5) is 8.78 Å². The first-order chi connectivity index (χ1) is 9.67. The zero-order chi connectivity index (χ0) is 14.1. The van der Waals surface area contributed by atoms with Crippen LogP contribution in [0.1, 0.15) is 5.56 Å². The number of aromatic amines is 1. The molecule has 0 aliphatic carbocycles. The van der Waals surface area contributed by atoms with Crippen LogP contribution < -0.4 is 5.73 Å². The van der Waals surface area contributed by atoms with Crippen molar-refractivity contribution in [1.29, 1.82) is 0 Å². The van der Waals surface area contributed by atoms with Crippen LogP contribution in [0.2, 0.25) is 0 Å². The molecule has 0 aliphatic heterocycles. The minimum atomic E-state index is -0.629. The third-order valence-corrected chi connectivity index (χ3v) is 3.84. The number of imidazole rings is 1. The fraction of sp³-hybridized carbons (Fsp3) is 0.0714. The zero-order valence-corrected chi connectivity index (χ0v) is 11.2. The van der Waals surface area contributed by atoms with Gasteiger partial charge in [0.2, 0.25) is 0 Å². The Labute approximate surface area is 118 Å². The molecule has 0 amide bonds. The van der Waals surface area contributed by atoms with Gasteiger partial charge in [0.05, 0.1) is 15.9 Å². The maximum Gasteiger partial charge on any atom is 0.171 e. The summed E-state index contributed by atoms with van der Waals surface area (Å²) in [7, 11) is 0. The van der Waals surface area contributed by atoms with Crippen molar-refractivity contribution in [3.63, 3.8) is 0 Å². The molecule has 3 nitrogen and oxygen atoms in total. The molecule has 0 spiro atoms. The van der Waals surface area contributed by atoms with E-state index < -0.39 is 11.6 Å². The second kappa shape index (κ2) is 5.22. The number of nitrogens with one attached hydrogen (secondary N) is 1. The Balaban J connectivity index is 1.98. The summed E-state index contributed by atoms with van der Waals surface area (Å²) >= 11 is 0.928. The average molecular weight is 291 g/mol. The first-order valence-electron chi connectivity index (χ1n) is 5.98. The van der Waals surface area contributed by atoms with Gasteiger partial charge in [-0.05, 0) is 41.6 Å². The second-order valence-electron chi connectivity index (χ2n) is 4.25. The third-order valence-electron chi connectivity index (χ3n) is 2.86. The van der Waals surface area contributed by atoms with E-state index in [9.17, 15) is 8.78 Å². The van der Waals surface area contributed by atoms with Crippen molar-refractivity contribution < 1.29 is 8.78 Å². The highest BCUT2D eigenvalue weighted by Crippen LogP contribution is 2.32. The predicted octanol–water partition coefficient (Wildman–Crippen LogP) is 3.45. The molecule has 0 unspecified atom stereocenters. The van der Waals surface area contributed by atoms with E-state index in [4.69, 9.17) is 5.73 Å². The van der Waals surface area contributed by atoms with Gasteiger partial charge in [0, 0.05) is 6.54 Å². The summed E-state index contributed by atoms with van der Waals surface area (Å²) in [6, 6.07) is 9.90. The number of fused-ring (bicyclic) bond motifs is 1. The van der Waals surface area contributed by atoms with Crippen LogP contribution in [-0.2, 0) is 6.54 Å². The summed E-state index contributed by atoms with van der Waals surface area (Å²) in [5.74, 6) is -1.26. The first-order valence-corrected chi connectivity index (χ1v) is 6.79. The lowest BCUT2D eigenvalue weighted by molar-refractivity contribution is 0.537. The van der Waals surface area contributed by atoms with Gasteiger partial charge in [-0.25, -0.2) is 13.8 Å². The molecule has 0 saturated heterocycles. The molecule has 0 saturated carbocycles. The van der Waals surface area contributed by atoms with Crippen LogP contribution in [0.25, 0.3) is 11.0 Å². The molecule has 0 aliphatic rings. The summed E-state index contributed by atoms with van der Waals surface area (Å²) in [6.07, 6.45) is 0. The van der Waals surface area contributed by atoms with Crippen molar-refractivity contribution in [1.82, 2.24) is 9.97 Å². The normalized spacial score (nSPS) is 11.2. The minimum Gasteiger partial charge on any atom is -0.333 e. The molecule has 6 heteroatoms. The lowest BCUT2D eigenvalue weighted by Gasteiger charge is -2.05. The number of nitrogens with zero attached hydrogens (tertiary/aromatic N) is 1. The van der Waals surface area contributed by atoms with Crippen molar-refractivity contribution >= 4 is 22.8 Å². The molecule has 20 heavy (non-hydrogen) atoms. The quantitative estimate of drug-likeness (QED) is 0.777. The van der Waals surface area contributed by atoms with Crippen molar-refractivity contribution in [2.24, 2.45) is 5.73 Å². The Bertz CT molecular complexity index is 714. The summed E-state index contributed by atoms with van der Waals surface area (Å²) in [4.78, 5) is 7.22. The van der Waals surface area contributed by atoms with E-state index in [0.717, 1.165) is 22.8 Å². The minimum absolute atomic E-state index is 0.0822. The monoisotopic (exact) mass is 291 g/mol. The van der Waals surface area contributed by atoms with Gasteiger partial charge < -0.3 is 10.7 Å². The first kappa shape index (κ1) is 13.1. The number of halogens is 2. The van der Waals surface area contributed by atoms with Crippen LogP contribution in [-0.4, -0.2) is 9.97 Å². The Morgan fingerprint density at radius 1 is 1.15 bits per heavy atom. The Hall–Kier alpha value is -1.92. The molecule has 0 radical (unpaired) electrons. The fourth-order valence-electron chi connectivity index (χ4n) is 1.90. The number of rotatable bonds is 3. The van der Waals surface area contributed by atoms with Crippen LogP contribution in [0.15, 0.2) is 46.5 Å². The maximum atomic E-state index is 13.9. The topological polar surface area (TPSA) is 54.7 Å². The standard InChI is InChI=1S/C14H11F2N3S/c15-9-5-8(7-17)6-10(16)13(9)20-14-18-11-3-1-2-4-12(11)19-14/h1-6H,7,17H2,(H,18,19). The summed E-state index contributed by atoms with van der Waals surface area (Å²) in [6.45, 7) is 0.101. The van der Waals surface area contributed by atoms with Gasteiger partial charge >= 0.3 is 0 Å². The second-order valence-corrected chi connectivity index (χ2v) is 5.25. The number of aromatic nitrogens is 2. The highest BCUT2D eigenvalue weighted by Gasteiger charge is 2.14. The molecule has 0 fully saturated rings. The van der Waals surface area contributed by atoms with Gasteiger partial charge in [-0.2, -0.15) is 0 Å². The zero-order valence-electron chi connectivity index (χ0n) is 10.4. The Kier molecular flexibility index (Phi) is 3.42. The summed E-state index contributed by atoms with van der Waals surface area (Å²) < 4.78 is 27.8. The van der Waals surface area contributed by atoms with Crippen LogP contribution in [0.3, 0.4) is 0 Å². The number of H-pyrrole nitrogens is 1. The van der Waals surface area contributed by atoms with Crippen LogP contribution >= 0.6 is 11.8 Å². The molecule has 0 atom stereocenters. The van der Waals surface area contributed by atoms with Gasteiger partial charge in [-0.3, -0.25) is 0 Å². The lowest BCUT2D eigenvalue weighted by Crippen LogP contribution is -1.99. The number of nitrogens with two attached hydrogens (primary N) is 1. The van der Waals surface area contributed by atoms with E-state index >= 15 is 0 Å². The van der Waals surface area contributed by atoms with Gasteiger partial charge in [-0.1, -0.05) is 12.1 Å². The molecule has 2 aromatic carbocycles. The summed E-state index contributed by atoms with van der Waals surface area (Å²) in [5.41, 5.74) is 7.39. The van der Waals surface area contributed by atoms with Crippen molar-refractivity contribution in [2.75, 3.05) is 0 Å². The molecule has 3 N–H and O–H groups in total. The number of hydrogen-bond donors (Lipinski definition) is 2. The van der Waals surface area contributed by atoms with Crippen molar-refractivity contribution in [3.05, 3.63) is 53.6 Å². The molecular formula is C14H11F2N3S. The lowest BCUT2D eigenvalue weighted by atomic mass is 10.2. The van der Waals surface area contributed by atoms with Gasteiger partial charge in [0.1, 0.15) is 11.6 Å². The SMILES string of the molecule is NCc1cc(F)c(Sc2nc3ccccc3[nH]2)c(F)c1. The Morgan fingerprint density at radius 3 is 2.50 bits per heavy atom. The maximum absolute atomic E-state index is 13.9. The number of para-hydroxylation sites is 2. The highest BCUT2D eigenvalue weighted by atomic mass is 32.2. The van der Waals surface area contributed by atoms with Crippen molar-refractivity contribution in [2.45, 2.75) is 16.6 Å². The average Bonchev–Trinajstić information content (AvgIpc) is 2.85. The number of benzene rings is 2. The molecule has 0 bridgehead atoms. The molecule has 3 rings (SSSR count). The van der Waals surface area contributed by atoms with E-state index in [2.05, 4.69) is 9.97 Å². The van der Waals surface area contributed by atoms with Crippen LogP contribution in [0.5, 0.6) is 0 Å². The fourth-order valence-corrected chi connectivity index (χ4v) is 2.71. The largest absolute Gasteiger partial charge is 0.333 e.